The number of rotatable bonds is 6. The smallest absolute Gasteiger partial charge is 0.238 e. The summed E-state index contributed by atoms with van der Waals surface area (Å²) in [7, 11) is 1.85. The van der Waals surface area contributed by atoms with Gasteiger partial charge in [-0.2, -0.15) is 0 Å². The first kappa shape index (κ1) is 23.4. The monoisotopic (exact) mass is 530 g/mol. The van der Waals surface area contributed by atoms with E-state index in [1.54, 1.807) is 30.0 Å². The minimum Gasteiger partial charge on any atom is -0.484 e. The molecule has 5 rings (SSSR count). The number of allylic oxidation sites excluding steroid dienone is 2. The average molecular weight is 531 g/mol. The number of anilines is 1. The highest BCUT2D eigenvalue weighted by atomic mass is 35.5. The molecule has 0 saturated heterocycles. The van der Waals surface area contributed by atoms with E-state index in [4.69, 9.17) is 27.9 Å². The molecule has 2 aliphatic rings. The summed E-state index contributed by atoms with van der Waals surface area (Å²) in [6.45, 7) is 0.191. The van der Waals surface area contributed by atoms with Crippen molar-refractivity contribution >= 4 is 58.3 Å². The van der Waals surface area contributed by atoms with Crippen molar-refractivity contribution in [1.29, 1.82) is 0 Å². The van der Waals surface area contributed by atoms with Crippen LogP contribution in [0.3, 0.4) is 0 Å². The highest BCUT2D eigenvalue weighted by molar-refractivity contribution is 8.00. The topological polar surface area (TPSA) is 60.2 Å². The highest BCUT2D eigenvalue weighted by Crippen LogP contribution is 2.43. The van der Waals surface area contributed by atoms with E-state index in [-0.39, 0.29) is 29.6 Å². The Labute approximate surface area is 216 Å². The third kappa shape index (κ3) is 4.73. The number of para-hydroxylation sites is 1. The van der Waals surface area contributed by atoms with E-state index in [9.17, 15) is 4.79 Å². The van der Waals surface area contributed by atoms with Gasteiger partial charge in [-0.15, -0.1) is 22.0 Å². The van der Waals surface area contributed by atoms with Crippen molar-refractivity contribution in [3.8, 4) is 5.75 Å². The van der Waals surface area contributed by atoms with Crippen LogP contribution in [0, 0.1) is 0 Å². The van der Waals surface area contributed by atoms with Crippen molar-refractivity contribution < 1.29 is 9.53 Å². The van der Waals surface area contributed by atoms with Gasteiger partial charge in [-0.3, -0.25) is 4.79 Å². The minimum absolute atomic E-state index is 0.00872. The molecule has 2 atom stereocenters. The van der Waals surface area contributed by atoms with Gasteiger partial charge in [-0.05, 0) is 30.3 Å². The number of hydrogen-bond donors (Lipinski definition) is 0. The van der Waals surface area contributed by atoms with Crippen LogP contribution in [-0.2, 0) is 18.4 Å². The van der Waals surface area contributed by atoms with Gasteiger partial charge in [0.1, 0.15) is 12.4 Å². The van der Waals surface area contributed by atoms with Gasteiger partial charge in [0.25, 0.3) is 0 Å². The Kier molecular flexibility index (Phi) is 6.92. The third-order valence-corrected chi connectivity index (χ3v) is 8.35. The predicted molar refractivity (Wildman–Crippen MR) is 138 cm³/mol. The molecule has 1 aliphatic heterocycles. The lowest BCUT2D eigenvalue weighted by molar-refractivity contribution is -0.116. The van der Waals surface area contributed by atoms with Gasteiger partial charge in [-0.1, -0.05) is 71.4 Å². The van der Waals surface area contributed by atoms with Crippen LogP contribution in [0.1, 0.15) is 5.82 Å². The number of benzene rings is 2. The Morgan fingerprint density at radius 1 is 1.15 bits per heavy atom. The molecule has 0 fully saturated rings. The zero-order valence-corrected chi connectivity index (χ0v) is 21.2. The van der Waals surface area contributed by atoms with E-state index >= 15 is 0 Å². The van der Waals surface area contributed by atoms with Crippen molar-refractivity contribution in [2.75, 3.05) is 10.7 Å². The summed E-state index contributed by atoms with van der Waals surface area (Å²) in [4.78, 5) is 16.4. The SMILES string of the molecule is Cn1c(COc2ccc(Cl)cc2Cl)nnc1SCC(=O)N1c2ccccc2S[C@H]2C=CC=C[C@H]21. The lowest BCUT2D eigenvalue weighted by atomic mass is 10.0. The summed E-state index contributed by atoms with van der Waals surface area (Å²) < 4.78 is 7.60. The van der Waals surface area contributed by atoms with E-state index in [0.29, 0.717) is 26.8 Å². The molecule has 1 aromatic heterocycles. The summed E-state index contributed by atoms with van der Waals surface area (Å²) >= 11 is 15.3. The molecule has 0 N–H and O–H groups in total. The lowest BCUT2D eigenvalue weighted by Crippen LogP contribution is -2.48. The number of halogens is 2. The molecule has 0 radical (unpaired) electrons. The van der Waals surface area contributed by atoms with Crippen LogP contribution in [0.15, 0.2) is 76.8 Å². The van der Waals surface area contributed by atoms with Crippen molar-refractivity contribution in [3.63, 3.8) is 0 Å². The van der Waals surface area contributed by atoms with Crippen LogP contribution in [0.5, 0.6) is 5.75 Å². The standard InChI is InChI=1S/C24H20Cl2N4O2S2/c1-29-22(13-32-19-11-10-15(25)12-16(19)26)27-28-24(29)33-14-23(31)30-17-6-2-4-8-20(17)34-21-9-5-3-7-18(21)30/h2-12,17,20H,13-14H2,1H3/t17-,20+/m1/s1. The maximum absolute atomic E-state index is 13.4. The van der Waals surface area contributed by atoms with Crippen molar-refractivity contribution in [2.45, 2.75) is 28.0 Å². The second-order valence-electron chi connectivity index (χ2n) is 7.68. The number of aromatic nitrogens is 3. The second-order valence-corrected chi connectivity index (χ2v) is 10.7. The number of hydrogen-bond acceptors (Lipinski definition) is 6. The Balaban J connectivity index is 1.27. The Hall–Kier alpha value is -2.39. The summed E-state index contributed by atoms with van der Waals surface area (Å²) in [6.07, 6.45) is 8.29. The van der Waals surface area contributed by atoms with Gasteiger partial charge in [0.05, 0.1) is 27.8 Å². The van der Waals surface area contributed by atoms with Gasteiger partial charge >= 0.3 is 0 Å². The van der Waals surface area contributed by atoms with Crippen molar-refractivity contribution in [1.82, 2.24) is 14.8 Å². The molecule has 0 bridgehead atoms. The summed E-state index contributed by atoms with van der Waals surface area (Å²) in [5.41, 5.74) is 0.950. The molecule has 0 unspecified atom stereocenters. The van der Waals surface area contributed by atoms with Crippen LogP contribution in [0.2, 0.25) is 10.0 Å². The Morgan fingerprint density at radius 2 is 1.97 bits per heavy atom. The number of carbonyl (C=O) groups excluding carboxylic acids is 1. The number of fused-ring (bicyclic) bond motifs is 2. The quantitative estimate of drug-likeness (QED) is 0.375. The van der Waals surface area contributed by atoms with Gasteiger partial charge in [-0.25, -0.2) is 0 Å². The lowest BCUT2D eigenvalue weighted by Gasteiger charge is -2.40. The largest absolute Gasteiger partial charge is 0.484 e. The first-order valence-corrected chi connectivity index (χ1v) is 13.1. The Morgan fingerprint density at radius 3 is 2.82 bits per heavy atom. The molecule has 3 aromatic rings. The molecule has 2 heterocycles. The molecule has 34 heavy (non-hydrogen) atoms. The minimum atomic E-state index is -0.00872. The van der Waals surface area contributed by atoms with Crippen LogP contribution < -0.4 is 9.64 Å². The molecule has 10 heteroatoms. The zero-order valence-electron chi connectivity index (χ0n) is 18.1. The zero-order chi connectivity index (χ0) is 23.7. The summed E-state index contributed by atoms with van der Waals surface area (Å²) in [5, 5.41) is 10.3. The van der Waals surface area contributed by atoms with E-state index < -0.39 is 0 Å². The van der Waals surface area contributed by atoms with E-state index in [0.717, 1.165) is 10.6 Å². The Bertz CT molecular complexity index is 1290. The maximum atomic E-state index is 13.4. The van der Waals surface area contributed by atoms with Crippen molar-refractivity contribution in [3.05, 3.63) is 82.6 Å². The summed E-state index contributed by atoms with van der Waals surface area (Å²) in [6, 6.07) is 13.1. The van der Waals surface area contributed by atoms with Gasteiger partial charge < -0.3 is 14.2 Å². The number of ether oxygens (including phenoxy) is 1. The first-order chi connectivity index (χ1) is 16.5. The highest BCUT2D eigenvalue weighted by Gasteiger charge is 2.36. The predicted octanol–water partition coefficient (Wildman–Crippen LogP) is 5.80. The number of amides is 1. The van der Waals surface area contributed by atoms with Gasteiger partial charge in [0.2, 0.25) is 5.91 Å². The van der Waals surface area contributed by atoms with Gasteiger partial charge in [0.15, 0.2) is 11.0 Å². The molecule has 1 aliphatic carbocycles. The second kappa shape index (κ2) is 10.1. The van der Waals surface area contributed by atoms with E-state index in [1.807, 2.05) is 46.9 Å². The molecule has 0 spiro atoms. The van der Waals surface area contributed by atoms with Crippen LogP contribution in [0.4, 0.5) is 5.69 Å². The molecule has 2 aromatic carbocycles. The van der Waals surface area contributed by atoms with E-state index in [1.165, 1.54) is 11.8 Å². The molecular weight excluding hydrogens is 511 g/mol. The van der Waals surface area contributed by atoms with Crippen LogP contribution in [-0.4, -0.2) is 37.7 Å². The number of thioether (sulfide) groups is 2. The third-order valence-electron chi connectivity index (χ3n) is 5.51. The maximum Gasteiger partial charge on any atom is 0.238 e. The number of nitrogens with zero attached hydrogens (tertiary/aromatic N) is 4. The van der Waals surface area contributed by atoms with Gasteiger partial charge in [0, 0.05) is 17.0 Å². The molecule has 0 saturated carbocycles. The summed E-state index contributed by atoms with van der Waals surface area (Å²) in [5.74, 6) is 1.42. The molecule has 6 nitrogen and oxygen atoms in total. The fraction of sp³-hybridized carbons (Fsp3) is 0.208. The molecular formula is C24H20Cl2N4O2S2. The fourth-order valence-corrected chi connectivity index (χ4v) is 6.32. The van der Waals surface area contributed by atoms with Crippen LogP contribution in [0.25, 0.3) is 0 Å². The number of carbonyl (C=O) groups is 1. The van der Waals surface area contributed by atoms with E-state index in [2.05, 4.69) is 28.4 Å². The molecule has 1 amide bonds. The van der Waals surface area contributed by atoms with Crippen molar-refractivity contribution in [2.24, 2.45) is 7.05 Å². The normalized spacial score (nSPS) is 18.5. The van der Waals surface area contributed by atoms with Crippen LogP contribution >= 0.6 is 46.7 Å². The molecule has 174 valence electrons. The first-order valence-electron chi connectivity index (χ1n) is 10.5. The average Bonchev–Trinajstić information content (AvgIpc) is 3.19. The fourth-order valence-electron chi connectivity index (χ4n) is 3.81.